The summed E-state index contributed by atoms with van der Waals surface area (Å²) in [5.74, 6) is 0.0197. The molecule has 0 atom stereocenters. The second-order valence-corrected chi connectivity index (χ2v) is 5.04. The van der Waals surface area contributed by atoms with Gasteiger partial charge in [0.1, 0.15) is 0 Å². The highest BCUT2D eigenvalue weighted by atomic mass is 16.3. The normalized spacial score (nSPS) is 17.8. The van der Waals surface area contributed by atoms with Gasteiger partial charge in [0, 0.05) is 5.56 Å². The maximum Gasteiger partial charge on any atom is 0.254 e. The lowest BCUT2D eigenvalue weighted by Crippen LogP contribution is -2.63. The van der Waals surface area contributed by atoms with E-state index in [0.29, 0.717) is 25.1 Å². The molecule has 17 heavy (non-hydrogen) atoms. The standard InChI is InChI=1S/C14H19NO2/c1-4-14(17)8-15(9-14)13(16)12-6-5-10(2)11(3)7-12/h5-7,17H,4,8-9H2,1-3H3. The number of hydrogen-bond acceptors (Lipinski definition) is 2. The molecule has 0 unspecified atom stereocenters. The fraction of sp³-hybridized carbons (Fsp3) is 0.500. The number of benzene rings is 1. The van der Waals surface area contributed by atoms with Crippen LogP contribution in [0, 0.1) is 13.8 Å². The fourth-order valence-corrected chi connectivity index (χ4v) is 2.09. The number of aliphatic hydroxyl groups is 1. The lowest BCUT2D eigenvalue weighted by Gasteiger charge is -2.46. The highest BCUT2D eigenvalue weighted by molar-refractivity contribution is 5.95. The molecule has 1 fully saturated rings. The topological polar surface area (TPSA) is 40.5 Å². The van der Waals surface area contributed by atoms with Crippen LogP contribution >= 0.6 is 0 Å². The van der Waals surface area contributed by atoms with E-state index >= 15 is 0 Å². The summed E-state index contributed by atoms with van der Waals surface area (Å²) in [6, 6.07) is 5.74. The number of nitrogens with zero attached hydrogens (tertiary/aromatic N) is 1. The minimum atomic E-state index is -0.657. The molecule has 3 nitrogen and oxygen atoms in total. The van der Waals surface area contributed by atoms with E-state index in [1.165, 1.54) is 5.56 Å². The smallest absolute Gasteiger partial charge is 0.254 e. The van der Waals surface area contributed by atoms with Crippen molar-refractivity contribution in [1.82, 2.24) is 4.90 Å². The van der Waals surface area contributed by atoms with Gasteiger partial charge in [0.05, 0.1) is 18.7 Å². The molecule has 1 aromatic rings. The van der Waals surface area contributed by atoms with Crippen LogP contribution < -0.4 is 0 Å². The third-order valence-electron chi connectivity index (χ3n) is 3.67. The van der Waals surface area contributed by atoms with Gasteiger partial charge < -0.3 is 10.0 Å². The SMILES string of the molecule is CCC1(O)CN(C(=O)c2ccc(C)c(C)c2)C1. The van der Waals surface area contributed by atoms with Crippen molar-refractivity contribution in [1.29, 1.82) is 0 Å². The second-order valence-electron chi connectivity index (χ2n) is 5.04. The van der Waals surface area contributed by atoms with Crippen LogP contribution in [0.3, 0.4) is 0 Å². The third-order valence-corrected chi connectivity index (χ3v) is 3.67. The van der Waals surface area contributed by atoms with Gasteiger partial charge in [-0.1, -0.05) is 13.0 Å². The molecule has 92 valence electrons. The minimum absolute atomic E-state index is 0.0197. The average molecular weight is 233 g/mol. The second kappa shape index (κ2) is 4.15. The Bertz CT molecular complexity index is 448. The van der Waals surface area contributed by atoms with Crippen molar-refractivity contribution in [2.45, 2.75) is 32.8 Å². The quantitative estimate of drug-likeness (QED) is 0.847. The highest BCUT2D eigenvalue weighted by Gasteiger charge is 2.42. The van der Waals surface area contributed by atoms with Gasteiger partial charge in [0.15, 0.2) is 0 Å². The number of β-amino-alcohol motifs (C(OH)–C–C–N with tert-alkyl or cyclic N) is 1. The molecule has 0 aliphatic carbocycles. The highest BCUT2D eigenvalue weighted by Crippen LogP contribution is 2.26. The maximum absolute atomic E-state index is 12.1. The Hall–Kier alpha value is -1.35. The summed E-state index contributed by atoms with van der Waals surface area (Å²) in [4.78, 5) is 13.8. The van der Waals surface area contributed by atoms with Gasteiger partial charge >= 0.3 is 0 Å². The van der Waals surface area contributed by atoms with E-state index in [1.54, 1.807) is 4.90 Å². The Morgan fingerprint density at radius 1 is 1.35 bits per heavy atom. The number of rotatable bonds is 2. The molecule has 0 radical (unpaired) electrons. The van der Waals surface area contributed by atoms with Gasteiger partial charge in [-0.2, -0.15) is 0 Å². The fourth-order valence-electron chi connectivity index (χ4n) is 2.09. The van der Waals surface area contributed by atoms with Crippen molar-refractivity contribution in [3.63, 3.8) is 0 Å². The molecule has 0 saturated carbocycles. The molecule has 1 N–H and O–H groups in total. The van der Waals surface area contributed by atoms with Crippen LogP contribution in [0.2, 0.25) is 0 Å². The monoisotopic (exact) mass is 233 g/mol. The van der Waals surface area contributed by atoms with Crippen LogP contribution in [0.25, 0.3) is 0 Å². The Labute approximate surface area is 102 Å². The summed E-state index contributed by atoms with van der Waals surface area (Å²) in [6.45, 7) is 6.88. The summed E-state index contributed by atoms with van der Waals surface area (Å²) in [7, 11) is 0. The van der Waals surface area contributed by atoms with E-state index in [1.807, 2.05) is 39.0 Å². The first-order valence-corrected chi connectivity index (χ1v) is 6.04. The van der Waals surface area contributed by atoms with Crippen LogP contribution in [0.15, 0.2) is 18.2 Å². The summed E-state index contributed by atoms with van der Waals surface area (Å²) in [6.07, 6.45) is 0.698. The molecule has 1 amide bonds. The first-order valence-electron chi connectivity index (χ1n) is 6.04. The largest absolute Gasteiger partial charge is 0.386 e. The van der Waals surface area contributed by atoms with Crippen molar-refractivity contribution in [3.05, 3.63) is 34.9 Å². The number of amides is 1. The van der Waals surface area contributed by atoms with Gasteiger partial charge in [0.25, 0.3) is 5.91 Å². The van der Waals surface area contributed by atoms with Gasteiger partial charge in [0.2, 0.25) is 0 Å². The molecule has 1 aliphatic heterocycles. The first-order chi connectivity index (χ1) is 7.95. The van der Waals surface area contributed by atoms with E-state index in [9.17, 15) is 9.90 Å². The lowest BCUT2D eigenvalue weighted by atomic mass is 9.90. The Morgan fingerprint density at radius 3 is 2.53 bits per heavy atom. The molecule has 0 aromatic heterocycles. The number of likely N-dealkylation sites (tertiary alicyclic amines) is 1. The van der Waals surface area contributed by atoms with E-state index < -0.39 is 5.60 Å². The van der Waals surface area contributed by atoms with Crippen LogP contribution in [0.5, 0.6) is 0 Å². The summed E-state index contributed by atoms with van der Waals surface area (Å²) in [5, 5.41) is 9.89. The molecule has 3 heteroatoms. The number of aryl methyl sites for hydroxylation is 2. The number of carbonyl (C=O) groups excluding carboxylic acids is 1. The van der Waals surface area contributed by atoms with Gasteiger partial charge in [-0.05, 0) is 43.5 Å². The molecular formula is C14H19NO2. The molecule has 0 spiro atoms. The predicted molar refractivity (Wildman–Crippen MR) is 67.1 cm³/mol. The van der Waals surface area contributed by atoms with Crippen molar-refractivity contribution in [2.24, 2.45) is 0 Å². The van der Waals surface area contributed by atoms with Crippen molar-refractivity contribution < 1.29 is 9.90 Å². The van der Waals surface area contributed by atoms with E-state index in [2.05, 4.69) is 0 Å². The van der Waals surface area contributed by atoms with Crippen molar-refractivity contribution >= 4 is 5.91 Å². The summed E-state index contributed by atoms with van der Waals surface area (Å²) in [5.41, 5.74) is 2.37. The maximum atomic E-state index is 12.1. The van der Waals surface area contributed by atoms with Crippen LogP contribution in [0.4, 0.5) is 0 Å². The van der Waals surface area contributed by atoms with Crippen molar-refractivity contribution in [2.75, 3.05) is 13.1 Å². The zero-order valence-electron chi connectivity index (χ0n) is 10.7. The van der Waals surface area contributed by atoms with E-state index in [-0.39, 0.29) is 5.91 Å². The zero-order chi connectivity index (χ0) is 12.6. The summed E-state index contributed by atoms with van der Waals surface area (Å²) < 4.78 is 0. The molecular weight excluding hydrogens is 214 g/mol. The molecule has 2 rings (SSSR count). The number of carbonyl (C=O) groups is 1. The minimum Gasteiger partial charge on any atom is -0.386 e. The third kappa shape index (κ3) is 2.20. The average Bonchev–Trinajstić information content (AvgIpc) is 2.27. The Balaban J connectivity index is 2.09. The van der Waals surface area contributed by atoms with Crippen molar-refractivity contribution in [3.8, 4) is 0 Å². The summed E-state index contributed by atoms with van der Waals surface area (Å²) >= 11 is 0. The first kappa shape index (κ1) is 12.1. The molecule has 1 saturated heterocycles. The predicted octanol–water partition coefficient (Wildman–Crippen LogP) is 1.90. The molecule has 1 aromatic carbocycles. The molecule has 1 aliphatic rings. The molecule has 0 bridgehead atoms. The zero-order valence-corrected chi connectivity index (χ0v) is 10.7. The lowest BCUT2D eigenvalue weighted by molar-refractivity contribution is -0.0826. The van der Waals surface area contributed by atoms with E-state index in [0.717, 1.165) is 5.56 Å². The van der Waals surface area contributed by atoms with Crippen LogP contribution in [-0.2, 0) is 0 Å². The van der Waals surface area contributed by atoms with Gasteiger partial charge in [-0.3, -0.25) is 4.79 Å². The Morgan fingerprint density at radius 2 is 2.00 bits per heavy atom. The van der Waals surface area contributed by atoms with E-state index in [4.69, 9.17) is 0 Å². The van der Waals surface area contributed by atoms with Crippen LogP contribution in [0.1, 0.15) is 34.8 Å². The van der Waals surface area contributed by atoms with Crippen LogP contribution in [-0.4, -0.2) is 34.6 Å². The molecule has 1 heterocycles. The van der Waals surface area contributed by atoms with Gasteiger partial charge in [-0.15, -0.1) is 0 Å². The number of hydrogen-bond donors (Lipinski definition) is 1. The van der Waals surface area contributed by atoms with Gasteiger partial charge in [-0.25, -0.2) is 0 Å². The Kier molecular flexibility index (Phi) is 2.96.